The number of hydrogen-bond acceptors (Lipinski definition) is 6. The molecule has 0 bridgehead atoms. The molecule has 1 aliphatic rings. The maximum Gasteiger partial charge on any atom is 0.254 e. The molecule has 1 saturated carbocycles. The molecule has 8 nitrogen and oxygen atoms in total. The Hall–Kier alpha value is -3.65. The molecule has 9 heteroatoms. The Morgan fingerprint density at radius 1 is 1.22 bits per heavy atom. The highest BCUT2D eigenvalue weighted by atomic mass is 35.5. The van der Waals surface area contributed by atoms with Gasteiger partial charge < -0.3 is 15.8 Å². The number of nitrogens with zero attached hydrogens (tertiary/aromatic N) is 4. The third-order valence-electron chi connectivity index (χ3n) is 5.31. The molecule has 1 aliphatic carbocycles. The van der Waals surface area contributed by atoms with Crippen LogP contribution >= 0.6 is 11.6 Å². The second-order valence-electron chi connectivity index (χ2n) is 7.84. The molecule has 0 radical (unpaired) electrons. The summed E-state index contributed by atoms with van der Waals surface area (Å²) in [6.07, 6.45) is 5.85. The van der Waals surface area contributed by atoms with Gasteiger partial charge in [-0.1, -0.05) is 23.7 Å². The van der Waals surface area contributed by atoms with E-state index in [1.165, 1.54) is 12.8 Å². The summed E-state index contributed by atoms with van der Waals surface area (Å²) in [5.74, 6) is 1.39. The first-order valence-corrected chi connectivity index (χ1v) is 10.7. The van der Waals surface area contributed by atoms with Crippen LogP contribution in [-0.2, 0) is 6.54 Å². The minimum atomic E-state index is -0.304. The standard InChI is InChI=1S/C23H21ClN6O2/c24-21-19(9-17(12-26-21)16-6-7-30-20(10-16)28-23(25)29-30)22(31)27-11-15-2-1-3-18(8-15)32-13-14-4-5-14/h1-3,6-10,12,14H,4-5,11,13H2,(H2,25,29)(H,27,31). The van der Waals surface area contributed by atoms with Crippen molar-refractivity contribution >= 4 is 29.1 Å². The quantitative estimate of drug-likeness (QED) is 0.417. The number of benzene rings is 1. The number of carbonyl (C=O) groups excluding carboxylic acids is 1. The fourth-order valence-corrected chi connectivity index (χ4v) is 3.55. The van der Waals surface area contributed by atoms with E-state index < -0.39 is 0 Å². The van der Waals surface area contributed by atoms with Gasteiger partial charge in [0.25, 0.3) is 5.91 Å². The molecule has 0 aliphatic heterocycles. The second-order valence-corrected chi connectivity index (χ2v) is 8.19. The monoisotopic (exact) mass is 448 g/mol. The number of carbonyl (C=O) groups is 1. The van der Waals surface area contributed by atoms with Crippen molar-refractivity contribution in [2.24, 2.45) is 5.92 Å². The zero-order valence-electron chi connectivity index (χ0n) is 17.2. The van der Waals surface area contributed by atoms with E-state index in [0.29, 0.717) is 23.7 Å². The van der Waals surface area contributed by atoms with E-state index in [2.05, 4.69) is 20.4 Å². The largest absolute Gasteiger partial charge is 0.493 e. The van der Waals surface area contributed by atoms with Crippen LogP contribution in [0.4, 0.5) is 5.95 Å². The van der Waals surface area contributed by atoms with E-state index in [-0.39, 0.29) is 17.0 Å². The van der Waals surface area contributed by atoms with Gasteiger partial charge in [0.1, 0.15) is 10.9 Å². The lowest BCUT2D eigenvalue weighted by molar-refractivity contribution is 0.0950. The Kier molecular flexibility index (Phi) is 5.36. The first-order chi connectivity index (χ1) is 15.5. The third-order valence-corrected chi connectivity index (χ3v) is 5.61. The van der Waals surface area contributed by atoms with Gasteiger partial charge in [-0.2, -0.15) is 4.98 Å². The molecule has 3 N–H and O–H groups in total. The van der Waals surface area contributed by atoms with Crippen LogP contribution in [0.5, 0.6) is 5.75 Å². The zero-order valence-corrected chi connectivity index (χ0v) is 17.9. The van der Waals surface area contributed by atoms with Gasteiger partial charge in [0.05, 0.1) is 12.2 Å². The van der Waals surface area contributed by atoms with Gasteiger partial charge in [-0.25, -0.2) is 9.50 Å². The molecule has 3 heterocycles. The molecular weight excluding hydrogens is 428 g/mol. The average Bonchev–Trinajstić information content (AvgIpc) is 3.55. The summed E-state index contributed by atoms with van der Waals surface area (Å²) in [4.78, 5) is 21.2. The maximum atomic E-state index is 12.8. The summed E-state index contributed by atoms with van der Waals surface area (Å²) in [6.45, 7) is 1.10. The minimum absolute atomic E-state index is 0.139. The van der Waals surface area contributed by atoms with Gasteiger partial charge >= 0.3 is 0 Å². The first-order valence-electron chi connectivity index (χ1n) is 10.3. The fraction of sp³-hybridized carbons (Fsp3) is 0.217. The van der Waals surface area contributed by atoms with Crippen LogP contribution < -0.4 is 15.8 Å². The summed E-state index contributed by atoms with van der Waals surface area (Å²) >= 11 is 6.23. The molecule has 0 unspecified atom stereocenters. The molecule has 0 atom stereocenters. The first kappa shape index (κ1) is 20.3. The van der Waals surface area contributed by atoms with E-state index in [1.54, 1.807) is 23.0 Å². The predicted molar refractivity (Wildman–Crippen MR) is 121 cm³/mol. The molecule has 162 valence electrons. The van der Waals surface area contributed by atoms with Crippen molar-refractivity contribution in [1.82, 2.24) is 24.9 Å². The van der Waals surface area contributed by atoms with Crippen LogP contribution in [0.25, 0.3) is 16.8 Å². The van der Waals surface area contributed by atoms with Gasteiger partial charge in [0, 0.05) is 24.5 Å². The number of anilines is 1. The number of ether oxygens (including phenoxy) is 1. The van der Waals surface area contributed by atoms with Crippen molar-refractivity contribution in [2.45, 2.75) is 19.4 Å². The molecule has 3 aromatic heterocycles. The highest BCUT2D eigenvalue weighted by Crippen LogP contribution is 2.29. The summed E-state index contributed by atoms with van der Waals surface area (Å²) in [5.41, 5.74) is 9.06. The SMILES string of the molecule is Nc1nc2cc(-c3cnc(Cl)c(C(=O)NCc4cccc(OCC5CC5)c4)c3)ccn2n1. The molecule has 1 aromatic carbocycles. The van der Waals surface area contributed by atoms with Crippen LogP contribution in [-0.4, -0.2) is 32.1 Å². The number of nitrogens with two attached hydrogens (primary N) is 1. The fourth-order valence-electron chi connectivity index (χ4n) is 3.36. The van der Waals surface area contributed by atoms with Crippen LogP contribution in [0.2, 0.25) is 5.15 Å². The molecule has 32 heavy (non-hydrogen) atoms. The number of pyridine rings is 2. The highest BCUT2D eigenvalue weighted by Gasteiger charge is 2.22. The van der Waals surface area contributed by atoms with Gasteiger partial charge in [0.2, 0.25) is 5.95 Å². The van der Waals surface area contributed by atoms with E-state index >= 15 is 0 Å². The normalized spacial score (nSPS) is 13.3. The molecule has 0 spiro atoms. The van der Waals surface area contributed by atoms with Crippen LogP contribution in [0.1, 0.15) is 28.8 Å². The van der Waals surface area contributed by atoms with E-state index in [1.807, 2.05) is 36.4 Å². The molecule has 1 amide bonds. The lowest BCUT2D eigenvalue weighted by Gasteiger charge is -2.10. The molecule has 5 rings (SSSR count). The van der Waals surface area contributed by atoms with E-state index in [0.717, 1.165) is 29.0 Å². The Bertz CT molecular complexity index is 1300. The summed E-state index contributed by atoms with van der Waals surface area (Å²) < 4.78 is 7.40. The van der Waals surface area contributed by atoms with E-state index in [4.69, 9.17) is 22.1 Å². The number of amides is 1. The Labute approximate surface area is 189 Å². The zero-order chi connectivity index (χ0) is 22.1. The Balaban J connectivity index is 1.30. The topological polar surface area (TPSA) is 107 Å². The van der Waals surface area contributed by atoms with Crippen molar-refractivity contribution in [3.05, 3.63) is 71.1 Å². The number of aromatic nitrogens is 4. The Morgan fingerprint density at radius 3 is 2.94 bits per heavy atom. The summed E-state index contributed by atoms with van der Waals surface area (Å²) in [5, 5.41) is 7.11. The lowest BCUT2D eigenvalue weighted by atomic mass is 10.1. The number of halogens is 1. The number of nitrogens with one attached hydrogen (secondary N) is 1. The maximum absolute atomic E-state index is 12.8. The van der Waals surface area contributed by atoms with Gasteiger partial charge in [0.15, 0.2) is 5.65 Å². The van der Waals surface area contributed by atoms with Crippen molar-refractivity contribution in [3.8, 4) is 16.9 Å². The Morgan fingerprint density at radius 2 is 2.09 bits per heavy atom. The number of hydrogen-bond donors (Lipinski definition) is 2. The van der Waals surface area contributed by atoms with Crippen molar-refractivity contribution in [3.63, 3.8) is 0 Å². The van der Waals surface area contributed by atoms with Crippen molar-refractivity contribution in [2.75, 3.05) is 12.3 Å². The second kappa shape index (κ2) is 8.47. The summed E-state index contributed by atoms with van der Waals surface area (Å²) in [6, 6.07) is 13.1. The predicted octanol–water partition coefficient (Wildman–Crippen LogP) is 3.75. The number of rotatable bonds is 7. The third kappa shape index (κ3) is 4.50. The van der Waals surface area contributed by atoms with Gasteiger partial charge in [-0.3, -0.25) is 4.79 Å². The van der Waals surface area contributed by atoms with Crippen LogP contribution in [0, 0.1) is 5.92 Å². The van der Waals surface area contributed by atoms with Crippen LogP contribution in [0.3, 0.4) is 0 Å². The highest BCUT2D eigenvalue weighted by molar-refractivity contribution is 6.32. The van der Waals surface area contributed by atoms with E-state index in [9.17, 15) is 4.79 Å². The number of fused-ring (bicyclic) bond motifs is 1. The average molecular weight is 449 g/mol. The lowest BCUT2D eigenvalue weighted by Crippen LogP contribution is -2.23. The van der Waals surface area contributed by atoms with Crippen molar-refractivity contribution in [1.29, 1.82) is 0 Å². The molecule has 1 fully saturated rings. The molecular formula is C23H21ClN6O2. The van der Waals surface area contributed by atoms with Gasteiger partial charge in [-0.05, 0) is 60.2 Å². The van der Waals surface area contributed by atoms with Crippen LogP contribution in [0.15, 0.2) is 54.9 Å². The number of nitrogen functional groups attached to an aromatic ring is 1. The molecule has 0 saturated heterocycles. The molecule has 4 aromatic rings. The smallest absolute Gasteiger partial charge is 0.254 e. The summed E-state index contributed by atoms with van der Waals surface area (Å²) in [7, 11) is 0. The van der Waals surface area contributed by atoms with Crippen molar-refractivity contribution < 1.29 is 9.53 Å². The minimum Gasteiger partial charge on any atom is -0.493 e. The van der Waals surface area contributed by atoms with Gasteiger partial charge in [-0.15, -0.1) is 5.10 Å².